The number of carbonyl (C=O) groups is 1. The molecule has 0 spiro atoms. The van der Waals surface area contributed by atoms with E-state index in [0.29, 0.717) is 23.6 Å². The van der Waals surface area contributed by atoms with Gasteiger partial charge in [-0.15, -0.1) is 0 Å². The topological polar surface area (TPSA) is 66.9 Å². The molecule has 2 aromatic carbocycles. The van der Waals surface area contributed by atoms with E-state index in [0.717, 1.165) is 37.4 Å². The van der Waals surface area contributed by atoms with Crippen LogP contribution in [0.5, 0.6) is 11.5 Å². The number of ether oxygens (including phenoxy) is 2. The highest BCUT2D eigenvalue weighted by Crippen LogP contribution is 2.32. The molecule has 1 amide bonds. The van der Waals surface area contributed by atoms with Crippen molar-refractivity contribution in [2.24, 2.45) is 0 Å². The fourth-order valence-electron chi connectivity index (χ4n) is 4.30. The minimum absolute atomic E-state index is 0.00738. The molecule has 1 atom stereocenters. The molecular formula is C25H25FN4O3. The van der Waals surface area contributed by atoms with Crippen LogP contribution in [-0.2, 0) is 0 Å². The van der Waals surface area contributed by atoms with Gasteiger partial charge in [0, 0.05) is 56.4 Å². The molecule has 2 aliphatic rings. The Kier molecular flexibility index (Phi) is 6.08. The summed E-state index contributed by atoms with van der Waals surface area (Å²) < 4.78 is 24.0. The summed E-state index contributed by atoms with van der Waals surface area (Å²) >= 11 is 0. The zero-order chi connectivity index (χ0) is 22.6. The van der Waals surface area contributed by atoms with Gasteiger partial charge in [-0.3, -0.25) is 14.7 Å². The minimum Gasteiger partial charge on any atom is -0.454 e. The number of nitrogens with zero attached hydrogens (tertiary/aromatic N) is 3. The van der Waals surface area contributed by atoms with E-state index in [9.17, 15) is 9.18 Å². The second-order valence-electron chi connectivity index (χ2n) is 8.08. The number of nitrogens with one attached hydrogen (secondary N) is 1. The summed E-state index contributed by atoms with van der Waals surface area (Å²) in [5.74, 6) is 0.849. The standard InChI is InChI=1S/C25H25FN4O3/c26-20-4-6-21(7-5-20)29-10-12-30(13-11-29)22(19-2-1-9-27-15-19)16-28-25(31)18-3-8-23-24(14-18)33-17-32-23/h1-9,14-15,22H,10-13,16-17H2,(H,28,31)/t22-/m1/s1. The molecule has 3 heterocycles. The van der Waals surface area contributed by atoms with E-state index in [1.807, 2.05) is 30.5 Å². The molecule has 170 valence electrons. The van der Waals surface area contributed by atoms with Crippen LogP contribution in [0, 0.1) is 5.82 Å². The Balaban J connectivity index is 1.26. The average molecular weight is 448 g/mol. The molecule has 1 N–H and O–H groups in total. The number of pyridine rings is 1. The Morgan fingerprint density at radius 1 is 1.03 bits per heavy atom. The molecule has 0 bridgehead atoms. The van der Waals surface area contributed by atoms with Crippen LogP contribution in [0.3, 0.4) is 0 Å². The van der Waals surface area contributed by atoms with Crippen LogP contribution in [0.15, 0.2) is 67.0 Å². The van der Waals surface area contributed by atoms with Gasteiger partial charge in [0.25, 0.3) is 5.91 Å². The van der Waals surface area contributed by atoms with Crippen LogP contribution in [0.4, 0.5) is 10.1 Å². The predicted octanol–water partition coefficient (Wildman–Crippen LogP) is 3.24. The Bertz CT molecular complexity index is 1100. The number of hydrogen-bond acceptors (Lipinski definition) is 6. The third-order valence-electron chi connectivity index (χ3n) is 6.11. The van der Waals surface area contributed by atoms with Crippen molar-refractivity contribution < 1.29 is 18.7 Å². The number of aromatic nitrogens is 1. The molecule has 0 radical (unpaired) electrons. The molecule has 0 aliphatic carbocycles. The Hall–Kier alpha value is -3.65. The molecule has 0 unspecified atom stereocenters. The fourth-order valence-corrected chi connectivity index (χ4v) is 4.30. The lowest BCUT2D eigenvalue weighted by atomic mass is 10.1. The van der Waals surface area contributed by atoms with E-state index in [1.165, 1.54) is 12.1 Å². The second kappa shape index (κ2) is 9.46. The largest absolute Gasteiger partial charge is 0.454 e. The van der Waals surface area contributed by atoms with Crippen molar-refractivity contribution in [2.75, 3.05) is 44.4 Å². The minimum atomic E-state index is -0.229. The summed E-state index contributed by atoms with van der Waals surface area (Å²) in [5.41, 5.74) is 2.61. The molecule has 1 aromatic heterocycles. The van der Waals surface area contributed by atoms with Gasteiger partial charge in [-0.1, -0.05) is 6.07 Å². The van der Waals surface area contributed by atoms with Crippen molar-refractivity contribution in [3.63, 3.8) is 0 Å². The van der Waals surface area contributed by atoms with Crippen LogP contribution >= 0.6 is 0 Å². The molecule has 33 heavy (non-hydrogen) atoms. The first-order valence-electron chi connectivity index (χ1n) is 11.0. The number of hydrogen-bond donors (Lipinski definition) is 1. The van der Waals surface area contributed by atoms with E-state index < -0.39 is 0 Å². The molecular weight excluding hydrogens is 423 g/mol. The maximum absolute atomic E-state index is 13.3. The third kappa shape index (κ3) is 4.75. The van der Waals surface area contributed by atoms with Crippen LogP contribution in [0.2, 0.25) is 0 Å². The molecule has 8 heteroatoms. The molecule has 0 saturated carbocycles. The lowest BCUT2D eigenvalue weighted by Gasteiger charge is -2.40. The lowest BCUT2D eigenvalue weighted by Crippen LogP contribution is -2.50. The van der Waals surface area contributed by atoms with Crippen molar-refractivity contribution >= 4 is 11.6 Å². The number of amides is 1. The maximum Gasteiger partial charge on any atom is 0.251 e. The predicted molar refractivity (Wildman–Crippen MR) is 122 cm³/mol. The van der Waals surface area contributed by atoms with Crippen LogP contribution in [0.25, 0.3) is 0 Å². The fraction of sp³-hybridized carbons (Fsp3) is 0.280. The maximum atomic E-state index is 13.3. The van der Waals surface area contributed by atoms with Crippen LogP contribution in [-0.4, -0.2) is 55.3 Å². The Morgan fingerprint density at radius 3 is 2.58 bits per heavy atom. The summed E-state index contributed by atoms with van der Waals surface area (Å²) in [7, 11) is 0. The molecule has 1 fully saturated rings. The molecule has 3 aromatic rings. The van der Waals surface area contributed by atoms with Crippen LogP contribution < -0.4 is 19.7 Å². The highest BCUT2D eigenvalue weighted by Gasteiger charge is 2.26. The Morgan fingerprint density at radius 2 is 1.82 bits per heavy atom. The quantitative estimate of drug-likeness (QED) is 0.625. The number of piperazine rings is 1. The summed E-state index contributed by atoms with van der Waals surface area (Å²) in [6.07, 6.45) is 3.60. The third-order valence-corrected chi connectivity index (χ3v) is 6.11. The number of carbonyl (C=O) groups excluding carboxylic acids is 1. The molecule has 5 rings (SSSR count). The van der Waals surface area contributed by atoms with E-state index in [4.69, 9.17) is 9.47 Å². The smallest absolute Gasteiger partial charge is 0.251 e. The number of halogens is 1. The monoisotopic (exact) mass is 448 g/mol. The summed E-state index contributed by atoms with van der Waals surface area (Å²) in [4.78, 5) is 21.7. The van der Waals surface area contributed by atoms with E-state index in [-0.39, 0.29) is 24.6 Å². The molecule has 7 nitrogen and oxygen atoms in total. The number of benzene rings is 2. The van der Waals surface area contributed by atoms with Crippen molar-refractivity contribution in [3.05, 3.63) is 83.9 Å². The zero-order valence-corrected chi connectivity index (χ0v) is 18.1. The highest BCUT2D eigenvalue weighted by molar-refractivity contribution is 5.95. The normalized spacial score (nSPS) is 16.5. The van der Waals surface area contributed by atoms with Gasteiger partial charge in [0.05, 0.1) is 6.04 Å². The van der Waals surface area contributed by atoms with Gasteiger partial charge < -0.3 is 19.7 Å². The van der Waals surface area contributed by atoms with Gasteiger partial charge in [-0.2, -0.15) is 0 Å². The zero-order valence-electron chi connectivity index (χ0n) is 18.1. The highest BCUT2D eigenvalue weighted by atomic mass is 19.1. The first-order valence-corrected chi connectivity index (χ1v) is 11.0. The summed E-state index contributed by atoms with van der Waals surface area (Å²) in [5, 5.41) is 3.08. The van der Waals surface area contributed by atoms with Crippen LogP contribution in [0.1, 0.15) is 22.0 Å². The van der Waals surface area contributed by atoms with E-state index in [1.54, 1.807) is 24.4 Å². The number of anilines is 1. The SMILES string of the molecule is O=C(NC[C@H](c1cccnc1)N1CCN(c2ccc(F)cc2)CC1)c1ccc2c(c1)OCO2. The van der Waals surface area contributed by atoms with E-state index in [2.05, 4.69) is 20.1 Å². The molecule has 2 aliphatic heterocycles. The van der Waals surface area contributed by atoms with Crippen molar-refractivity contribution in [1.29, 1.82) is 0 Å². The number of fused-ring (bicyclic) bond motifs is 1. The number of rotatable bonds is 6. The van der Waals surface area contributed by atoms with Gasteiger partial charge in [-0.05, 0) is 54.1 Å². The van der Waals surface area contributed by atoms with Gasteiger partial charge in [-0.25, -0.2) is 4.39 Å². The van der Waals surface area contributed by atoms with Gasteiger partial charge >= 0.3 is 0 Å². The van der Waals surface area contributed by atoms with Crippen molar-refractivity contribution in [1.82, 2.24) is 15.2 Å². The second-order valence-corrected chi connectivity index (χ2v) is 8.08. The average Bonchev–Trinajstić information content (AvgIpc) is 3.34. The van der Waals surface area contributed by atoms with Crippen molar-refractivity contribution in [2.45, 2.75) is 6.04 Å². The van der Waals surface area contributed by atoms with Gasteiger partial charge in [0.2, 0.25) is 6.79 Å². The molecule has 1 saturated heterocycles. The van der Waals surface area contributed by atoms with Gasteiger partial charge in [0.15, 0.2) is 11.5 Å². The first kappa shape index (κ1) is 21.2. The lowest BCUT2D eigenvalue weighted by molar-refractivity contribution is 0.0929. The van der Waals surface area contributed by atoms with E-state index >= 15 is 0 Å². The first-order chi connectivity index (χ1) is 16.2. The van der Waals surface area contributed by atoms with Crippen molar-refractivity contribution in [3.8, 4) is 11.5 Å². The van der Waals surface area contributed by atoms with Gasteiger partial charge in [0.1, 0.15) is 5.82 Å². The Labute approximate surface area is 191 Å². The summed E-state index contributed by atoms with van der Waals surface area (Å²) in [6.45, 7) is 3.90. The summed E-state index contributed by atoms with van der Waals surface area (Å²) in [6, 6.07) is 15.8.